The van der Waals surface area contributed by atoms with Crippen LogP contribution in [0.5, 0.6) is 0 Å². The molecule has 0 bridgehead atoms. The van der Waals surface area contributed by atoms with Gasteiger partial charge in [-0.15, -0.1) is 0 Å². The van der Waals surface area contributed by atoms with E-state index in [4.69, 9.17) is 0 Å². The maximum atomic E-state index is 13.2. The molecule has 0 aliphatic carbocycles. The van der Waals surface area contributed by atoms with E-state index in [1.54, 1.807) is 18.0 Å². The minimum atomic E-state index is -4.38. The van der Waals surface area contributed by atoms with Crippen molar-refractivity contribution in [3.05, 3.63) is 83.9 Å². The molecule has 25 heavy (non-hydrogen) atoms. The molecule has 0 spiro atoms. The molecule has 4 heteroatoms. The van der Waals surface area contributed by atoms with Crippen molar-refractivity contribution in [1.29, 1.82) is 0 Å². The molecule has 0 aromatic heterocycles. The molecule has 0 saturated heterocycles. The van der Waals surface area contributed by atoms with Gasteiger partial charge in [-0.2, -0.15) is 13.2 Å². The minimum absolute atomic E-state index is 0.137. The van der Waals surface area contributed by atoms with E-state index in [9.17, 15) is 13.2 Å². The van der Waals surface area contributed by atoms with Crippen LogP contribution in [0.2, 0.25) is 0 Å². The van der Waals surface area contributed by atoms with Gasteiger partial charge in [0.25, 0.3) is 0 Å². The molecule has 3 rings (SSSR count). The van der Waals surface area contributed by atoms with E-state index in [0.717, 1.165) is 17.2 Å². The van der Waals surface area contributed by atoms with Gasteiger partial charge in [0.05, 0.1) is 11.3 Å². The first-order valence-corrected chi connectivity index (χ1v) is 7.93. The summed E-state index contributed by atoms with van der Waals surface area (Å²) in [5.41, 5.74) is 3.49. The Morgan fingerprint density at radius 3 is 1.80 bits per heavy atom. The Morgan fingerprint density at radius 2 is 1.24 bits per heavy atom. The van der Waals surface area contributed by atoms with Gasteiger partial charge in [0, 0.05) is 12.7 Å². The van der Waals surface area contributed by atoms with Crippen molar-refractivity contribution in [3.63, 3.8) is 0 Å². The summed E-state index contributed by atoms with van der Waals surface area (Å²) in [5, 5.41) is 0. The number of alkyl halides is 3. The lowest BCUT2D eigenvalue weighted by Crippen LogP contribution is -2.16. The molecule has 0 aliphatic heterocycles. The standard InChI is InChI=1S/C21H18F3N/c1-15-7-9-16(10-8-15)17-11-13-18(14-12-17)25(2)20-6-4-3-5-19(20)21(22,23)24/h3-14H,1-2H3. The van der Waals surface area contributed by atoms with Crippen LogP contribution in [0.25, 0.3) is 11.1 Å². The Kier molecular flexibility index (Phi) is 4.53. The predicted molar refractivity (Wildman–Crippen MR) is 96.1 cm³/mol. The summed E-state index contributed by atoms with van der Waals surface area (Å²) in [6.45, 7) is 2.03. The molecule has 1 nitrogen and oxygen atoms in total. The van der Waals surface area contributed by atoms with Crippen molar-refractivity contribution in [2.45, 2.75) is 13.1 Å². The molecule has 0 radical (unpaired) electrons. The number of anilines is 2. The third kappa shape index (κ3) is 3.68. The van der Waals surface area contributed by atoms with Gasteiger partial charge in [-0.3, -0.25) is 0 Å². The van der Waals surface area contributed by atoms with E-state index in [2.05, 4.69) is 0 Å². The molecule has 0 atom stereocenters. The summed E-state index contributed by atoms with van der Waals surface area (Å²) >= 11 is 0. The van der Waals surface area contributed by atoms with Gasteiger partial charge in [0.1, 0.15) is 0 Å². The van der Waals surface area contributed by atoms with Crippen LogP contribution < -0.4 is 4.90 Å². The molecule has 3 aromatic carbocycles. The molecular formula is C21H18F3N. The topological polar surface area (TPSA) is 3.24 Å². The second-order valence-electron chi connectivity index (χ2n) is 5.99. The largest absolute Gasteiger partial charge is 0.418 e. The Labute approximate surface area is 145 Å². The second kappa shape index (κ2) is 6.63. The number of rotatable bonds is 3. The van der Waals surface area contributed by atoms with Crippen LogP contribution >= 0.6 is 0 Å². The number of para-hydroxylation sites is 1. The fourth-order valence-electron chi connectivity index (χ4n) is 2.77. The summed E-state index contributed by atoms with van der Waals surface area (Å²) < 4.78 is 39.6. The molecule has 0 saturated carbocycles. The lowest BCUT2D eigenvalue weighted by Gasteiger charge is -2.23. The van der Waals surface area contributed by atoms with Crippen LogP contribution in [-0.4, -0.2) is 7.05 Å². The minimum Gasteiger partial charge on any atom is -0.344 e. The molecule has 0 unspecified atom stereocenters. The normalized spacial score (nSPS) is 11.4. The van der Waals surface area contributed by atoms with Crippen molar-refractivity contribution in [2.75, 3.05) is 11.9 Å². The second-order valence-corrected chi connectivity index (χ2v) is 5.99. The summed E-state index contributed by atoms with van der Waals surface area (Å²) in [5.74, 6) is 0. The molecule has 0 aliphatic rings. The fraction of sp³-hybridized carbons (Fsp3) is 0.143. The van der Waals surface area contributed by atoms with Crippen molar-refractivity contribution in [1.82, 2.24) is 0 Å². The van der Waals surface area contributed by atoms with E-state index in [1.165, 1.54) is 17.7 Å². The number of aryl methyl sites for hydroxylation is 1. The first-order valence-electron chi connectivity index (χ1n) is 7.93. The number of benzene rings is 3. The molecule has 3 aromatic rings. The van der Waals surface area contributed by atoms with Crippen LogP contribution in [0.3, 0.4) is 0 Å². The van der Waals surface area contributed by atoms with Crippen molar-refractivity contribution >= 4 is 11.4 Å². The van der Waals surface area contributed by atoms with Crippen LogP contribution in [0.1, 0.15) is 11.1 Å². The Hall–Kier alpha value is -2.75. The van der Waals surface area contributed by atoms with E-state index in [-0.39, 0.29) is 5.69 Å². The van der Waals surface area contributed by atoms with E-state index in [0.29, 0.717) is 5.69 Å². The lowest BCUT2D eigenvalue weighted by atomic mass is 10.0. The maximum absolute atomic E-state index is 13.2. The molecule has 128 valence electrons. The highest BCUT2D eigenvalue weighted by Crippen LogP contribution is 2.38. The zero-order valence-corrected chi connectivity index (χ0v) is 14.0. The SMILES string of the molecule is Cc1ccc(-c2ccc(N(C)c3ccccc3C(F)(F)F)cc2)cc1. The third-order valence-corrected chi connectivity index (χ3v) is 4.21. The Balaban J connectivity index is 1.92. The molecule has 0 fully saturated rings. The Bertz CT molecular complexity index is 850. The zero-order chi connectivity index (χ0) is 18.0. The monoisotopic (exact) mass is 341 g/mol. The summed E-state index contributed by atoms with van der Waals surface area (Å²) in [4.78, 5) is 1.56. The van der Waals surface area contributed by atoms with E-state index in [1.807, 2.05) is 55.5 Å². The Morgan fingerprint density at radius 1 is 0.720 bits per heavy atom. The van der Waals surface area contributed by atoms with Gasteiger partial charge in [-0.25, -0.2) is 0 Å². The van der Waals surface area contributed by atoms with Crippen molar-refractivity contribution in [3.8, 4) is 11.1 Å². The molecular weight excluding hydrogens is 323 g/mol. The van der Waals surface area contributed by atoms with Crippen LogP contribution in [-0.2, 0) is 6.18 Å². The predicted octanol–water partition coefficient (Wildman–Crippen LogP) is 6.45. The summed E-state index contributed by atoms with van der Waals surface area (Å²) in [6, 6.07) is 21.3. The first kappa shape index (κ1) is 17.1. The average molecular weight is 341 g/mol. The van der Waals surface area contributed by atoms with Crippen molar-refractivity contribution < 1.29 is 13.2 Å². The number of nitrogens with zero attached hydrogens (tertiary/aromatic N) is 1. The van der Waals surface area contributed by atoms with Gasteiger partial charge in [-0.05, 0) is 42.3 Å². The number of hydrogen-bond donors (Lipinski definition) is 0. The van der Waals surface area contributed by atoms with Gasteiger partial charge < -0.3 is 4.90 Å². The summed E-state index contributed by atoms with van der Waals surface area (Å²) in [7, 11) is 1.64. The van der Waals surface area contributed by atoms with Gasteiger partial charge >= 0.3 is 6.18 Å². The summed E-state index contributed by atoms with van der Waals surface area (Å²) in [6.07, 6.45) is -4.38. The number of halogens is 3. The van der Waals surface area contributed by atoms with Crippen LogP contribution in [0.15, 0.2) is 72.8 Å². The van der Waals surface area contributed by atoms with Crippen LogP contribution in [0.4, 0.5) is 24.5 Å². The average Bonchev–Trinajstić information content (AvgIpc) is 2.61. The molecule has 0 heterocycles. The van der Waals surface area contributed by atoms with Gasteiger partial charge in [0.15, 0.2) is 0 Å². The third-order valence-electron chi connectivity index (χ3n) is 4.21. The van der Waals surface area contributed by atoms with Crippen LogP contribution in [0, 0.1) is 6.92 Å². The van der Waals surface area contributed by atoms with Gasteiger partial charge in [0.2, 0.25) is 0 Å². The molecule has 0 amide bonds. The zero-order valence-electron chi connectivity index (χ0n) is 14.0. The van der Waals surface area contributed by atoms with Crippen molar-refractivity contribution in [2.24, 2.45) is 0 Å². The highest BCUT2D eigenvalue weighted by Gasteiger charge is 2.34. The quantitative estimate of drug-likeness (QED) is 0.529. The smallest absolute Gasteiger partial charge is 0.344 e. The molecule has 0 N–H and O–H groups in total. The van der Waals surface area contributed by atoms with E-state index >= 15 is 0 Å². The highest BCUT2D eigenvalue weighted by molar-refractivity contribution is 5.71. The lowest BCUT2D eigenvalue weighted by molar-refractivity contribution is -0.137. The highest BCUT2D eigenvalue weighted by atomic mass is 19.4. The van der Waals surface area contributed by atoms with Gasteiger partial charge in [-0.1, -0.05) is 54.1 Å². The first-order chi connectivity index (χ1) is 11.9. The number of hydrogen-bond acceptors (Lipinski definition) is 1. The maximum Gasteiger partial charge on any atom is 0.418 e. The fourth-order valence-corrected chi connectivity index (χ4v) is 2.77. The van der Waals surface area contributed by atoms with E-state index < -0.39 is 11.7 Å².